The van der Waals surface area contributed by atoms with E-state index in [1.54, 1.807) is 0 Å². The van der Waals surface area contributed by atoms with Crippen LogP contribution in [0.4, 0.5) is 0 Å². The van der Waals surface area contributed by atoms with Crippen LogP contribution in [0.2, 0.25) is 0 Å². The minimum Gasteiger partial charge on any atom is -0.486 e. The highest BCUT2D eigenvalue weighted by molar-refractivity contribution is 5.40. The highest BCUT2D eigenvalue weighted by Gasteiger charge is 2.07. The van der Waals surface area contributed by atoms with Crippen LogP contribution in [0, 0.1) is 0 Å². The van der Waals surface area contributed by atoms with Crippen LogP contribution in [0.3, 0.4) is 0 Å². The van der Waals surface area contributed by atoms with Gasteiger partial charge in [0.15, 0.2) is 11.5 Å². The van der Waals surface area contributed by atoms with Crippen LogP contribution in [-0.2, 0) is 0 Å². The van der Waals surface area contributed by atoms with Crippen LogP contribution in [0.1, 0.15) is 12.8 Å². The number of rotatable bonds is 0. The molecule has 0 fully saturated rings. The Kier molecular flexibility index (Phi) is 4.91. The maximum Gasteiger partial charge on any atom is 0.161 e. The van der Waals surface area contributed by atoms with Crippen LogP contribution in [0.25, 0.3) is 0 Å². The second-order valence-corrected chi connectivity index (χ2v) is 3.94. The first-order valence-corrected chi connectivity index (χ1v) is 6.17. The van der Waals surface area contributed by atoms with Crippen LogP contribution < -0.4 is 14.8 Å². The van der Waals surface area contributed by atoms with Crippen molar-refractivity contribution in [3.8, 4) is 11.5 Å². The van der Waals surface area contributed by atoms with Gasteiger partial charge in [-0.3, -0.25) is 0 Å². The van der Waals surface area contributed by atoms with Gasteiger partial charge in [0.05, 0.1) is 0 Å². The Hall–Kier alpha value is -1.48. The molecule has 1 aromatic rings. The van der Waals surface area contributed by atoms with E-state index in [9.17, 15) is 0 Å². The summed E-state index contributed by atoms with van der Waals surface area (Å²) < 4.78 is 10.6. The van der Waals surface area contributed by atoms with E-state index in [1.807, 2.05) is 24.3 Å². The maximum atomic E-state index is 5.30. The zero-order chi connectivity index (χ0) is 11.8. The Labute approximate surface area is 102 Å². The highest BCUT2D eigenvalue weighted by atomic mass is 16.6. The molecule has 2 aliphatic heterocycles. The van der Waals surface area contributed by atoms with Crippen molar-refractivity contribution in [2.45, 2.75) is 12.8 Å². The van der Waals surface area contributed by atoms with Gasteiger partial charge in [-0.15, -0.1) is 0 Å². The molecule has 1 N–H and O–H groups in total. The second-order valence-electron chi connectivity index (χ2n) is 3.94. The summed E-state index contributed by atoms with van der Waals surface area (Å²) in [5, 5.41) is 3.28. The minimum atomic E-state index is 0.664. The molecule has 3 rings (SSSR count). The minimum absolute atomic E-state index is 0.664. The summed E-state index contributed by atoms with van der Waals surface area (Å²) in [6.07, 6.45) is 6.89. The molecule has 0 saturated carbocycles. The first kappa shape index (κ1) is 12.0. The van der Waals surface area contributed by atoms with Crippen molar-refractivity contribution < 1.29 is 9.47 Å². The van der Waals surface area contributed by atoms with E-state index in [-0.39, 0.29) is 0 Å². The quantitative estimate of drug-likeness (QED) is 0.698. The Morgan fingerprint density at radius 1 is 0.824 bits per heavy atom. The Bertz CT molecular complexity index is 330. The molecule has 0 unspecified atom stereocenters. The first-order valence-electron chi connectivity index (χ1n) is 6.17. The van der Waals surface area contributed by atoms with Gasteiger partial charge in [-0.1, -0.05) is 24.3 Å². The summed E-state index contributed by atoms with van der Waals surface area (Å²) in [5.41, 5.74) is 0. The molecular weight excluding hydrogens is 214 g/mol. The smallest absolute Gasteiger partial charge is 0.161 e. The van der Waals surface area contributed by atoms with Crippen LogP contribution in [-0.4, -0.2) is 26.3 Å². The number of fused-ring (bicyclic) bond motifs is 1. The van der Waals surface area contributed by atoms with E-state index in [0.717, 1.165) is 24.6 Å². The zero-order valence-electron chi connectivity index (χ0n) is 10.0. The van der Waals surface area contributed by atoms with E-state index < -0.39 is 0 Å². The monoisotopic (exact) mass is 233 g/mol. The average molecular weight is 233 g/mol. The molecule has 0 amide bonds. The molecule has 17 heavy (non-hydrogen) atoms. The van der Waals surface area contributed by atoms with Gasteiger partial charge in [0, 0.05) is 0 Å². The largest absolute Gasteiger partial charge is 0.486 e. The number of hydrogen-bond acceptors (Lipinski definition) is 3. The normalized spacial score (nSPS) is 17.6. The lowest BCUT2D eigenvalue weighted by molar-refractivity contribution is 0.171. The van der Waals surface area contributed by atoms with Gasteiger partial charge in [-0.05, 0) is 38.1 Å². The molecule has 0 spiro atoms. The summed E-state index contributed by atoms with van der Waals surface area (Å²) in [4.78, 5) is 0. The lowest BCUT2D eigenvalue weighted by atomic mass is 10.3. The predicted octanol–water partition coefficient (Wildman–Crippen LogP) is 2.38. The molecule has 1 aromatic carbocycles. The number of ether oxygens (including phenoxy) is 2. The Morgan fingerprint density at radius 2 is 1.35 bits per heavy atom. The summed E-state index contributed by atoms with van der Waals surface area (Å²) in [6.45, 7) is 3.65. The summed E-state index contributed by atoms with van der Waals surface area (Å²) in [7, 11) is 0. The molecule has 0 aliphatic carbocycles. The number of benzene rings is 1. The summed E-state index contributed by atoms with van der Waals surface area (Å²) >= 11 is 0. The van der Waals surface area contributed by atoms with Crippen molar-refractivity contribution in [2.24, 2.45) is 0 Å². The third-order valence-electron chi connectivity index (χ3n) is 2.59. The summed E-state index contributed by atoms with van der Waals surface area (Å²) in [5.74, 6) is 1.71. The third-order valence-corrected chi connectivity index (χ3v) is 2.59. The number of para-hydroxylation sites is 2. The molecule has 0 saturated heterocycles. The van der Waals surface area contributed by atoms with Crippen molar-refractivity contribution in [2.75, 3.05) is 26.3 Å². The van der Waals surface area contributed by atoms with Crippen molar-refractivity contribution in [1.82, 2.24) is 5.32 Å². The molecule has 2 aliphatic rings. The molecule has 0 radical (unpaired) electrons. The van der Waals surface area contributed by atoms with Gasteiger partial charge in [0.1, 0.15) is 13.2 Å². The van der Waals surface area contributed by atoms with Crippen molar-refractivity contribution in [3.05, 3.63) is 36.4 Å². The molecule has 0 atom stereocenters. The van der Waals surface area contributed by atoms with Crippen LogP contribution >= 0.6 is 0 Å². The SMILES string of the molecule is C1=CCCNCC1.c1ccc2c(c1)OCCO2. The molecular formula is C14H19NO2. The Balaban J connectivity index is 0.000000136. The molecule has 2 heterocycles. The topological polar surface area (TPSA) is 30.5 Å². The first-order chi connectivity index (χ1) is 8.47. The maximum absolute atomic E-state index is 5.30. The van der Waals surface area contributed by atoms with E-state index in [2.05, 4.69) is 17.5 Å². The van der Waals surface area contributed by atoms with Gasteiger partial charge in [0.25, 0.3) is 0 Å². The van der Waals surface area contributed by atoms with Gasteiger partial charge in [-0.2, -0.15) is 0 Å². The van der Waals surface area contributed by atoms with E-state index in [1.165, 1.54) is 12.8 Å². The fourth-order valence-electron chi connectivity index (χ4n) is 1.72. The van der Waals surface area contributed by atoms with Crippen molar-refractivity contribution >= 4 is 0 Å². The van der Waals surface area contributed by atoms with E-state index >= 15 is 0 Å². The lowest BCUT2D eigenvalue weighted by Gasteiger charge is -2.17. The summed E-state index contributed by atoms with van der Waals surface area (Å²) in [6, 6.07) is 7.70. The fraction of sp³-hybridized carbons (Fsp3) is 0.429. The molecule has 0 bridgehead atoms. The van der Waals surface area contributed by atoms with Crippen LogP contribution in [0.15, 0.2) is 36.4 Å². The van der Waals surface area contributed by atoms with Crippen LogP contribution in [0.5, 0.6) is 11.5 Å². The van der Waals surface area contributed by atoms with E-state index in [0.29, 0.717) is 13.2 Å². The van der Waals surface area contributed by atoms with Crippen molar-refractivity contribution in [3.63, 3.8) is 0 Å². The zero-order valence-corrected chi connectivity index (χ0v) is 10.0. The van der Waals surface area contributed by atoms with Crippen molar-refractivity contribution in [1.29, 1.82) is 0 Å². The van der Waals surface area contributed by atoms with Gasteiger partial charge >= 0.3 is 0 Å². The third kappa shape index (κ3) is 4.11. The number of hydrogen-bond donors (Lipinski definition) is 1. The van der Waals surface area contributed by atoms with Gasteiger partial charge in [-0.25, -0.2) is 0 Å². The predicted molar refractivity (Wildman–Crippen MR) is 68.7 cm³/mol. The molecule has 0 aromatic heterocycles. The fourth-order valence-corrected chi connectivity index (χ4v) is 1.72. The average Bonchev–Trinajstić information content (AvgIpc) is 2.72. The Morgan fingerprint density at radius 3 is 1.88 bits per heavy atom. The highest BCUT2D eigenvalue weighted by Crippen LogP contribution is 2.28. The molecule has 92 valence electrons. The standard InChI is InChI=1S/C8H8O2.C6H11N/c1-2-4-8-7(3-1)9-5-6-10-8;1-2-4-6-7-5-3-1/h1-4H,5-6H2;1-2,7H,3-6H2. The number of nitrogens with one attached hydrogen (secondary N) is 1. The molecule has 3 nitrogen and oxygen atoms in total. The second kappa shape index (κ2) is 6.97. The van der Waals surface area contributed by atoms with Gasteiger partial charge < -0.3 is 14.8 Å². The van der Waals surface area contributed by atoms with E-state index in [4.69, 9.17) is 9.47 Å². The van der Waals surface area contributed by atoms with Gasteiger partial charge in [0.2, 0.25) is 0 Å². The lowest BCUT2D eigenvalue weighted by Crippen LogP contribution is -2.14. The molecule has 3 heteroatoms.